The van der Waals surface area contributed by atoms with E-state index in [1.807, 2.05) is 37.4 Å². The lowest BCUT2D eigenvalue weighted by Gasteiger charge is -2.23. The quantitative estimate of drug-likeness (QED) is 0.193. The maximum absolute atomic E-state index is 8.91. The molecule has 0 aromatic heterocycles. The zero-order chi connectivity index (χ0) is 24.7. The smallest absolute Gasteiger partial charge is 0.0744 e. The maximum Gasteiger partial charge on any atom is 0.0744 e. The Morgan fingerprint density at radius 3 is 2.37 bits per heavy atom. The van der Waals surface area contributed by atoms with Crippen molar-refractivity contribution in [2.24, 2.45) is 0 Å². The highest BCUT2D eigenvalue weighted by Gasteiger charge is 2.22. The fourth-order valence-electron chi connectivity index (χ4n) is 4.33. The molecule has 0 saturated carbocycles. The fourth-order valence-corrected chi connectivity index (χ4v) is 6.52. The maximum atomic E-state index is 8.91. The molecule has 4 heteroatoms. The Kier molecular flexibility index (Phi) is 12.1. The Morgan fingerprint density at radius 1 is 0.886 bits per heavy atom. The van der Waals surface area contributed by atoms with E-state index in [1.165, 1.54) is 39.2 Å². The summed E-state index contributed by atoms with van der Waals surface area (Å²) in [6, 6.07) is 28.5. The number of hydrogen-bond acceptors (Lipinski definition) is 4. The Bertz CT molecular complexity index is 1100. The van der Waals surface area contributed by atoms with Crippen molar-refractivity contribution >= 4 is 40.0 Å². The molecule has 1 aliphatic heterocycles. The summed E-state index contributed by atoms with van der Waals surface area (Å²) in [7, 11) is 0. The zero-order valence-corrected chi connectivity index (χ0v) is 22.8. The number of nitriles is 1. The first-order valence-electron chi connectivity index (χ1n) is 13.0. The summed E-state index contributed by atoms with van der Waals surface area (Å²) in [5.74, 6) is 2.31. The summed E-state index contributed by atoms with van der Waals surface area (Å²) in [6.07, 6.45) is 7.51. The van der Waals surface area contributed by atoms with Gasteiger partial charge in [0, 0.05) is 29.3 Å². The molecule has 3 aromatic carbocycles. The van der Waals surface area contributed by atoms with Crippen LogP contribution in [0, 0.1) is 11.3 Å². The van der Waals surface area contributed by atoms with Crippen LogP contribution in [0.15, 0.2) is 88.3 Å². The van der Waals surface area contributed by atoms with Crippen LogP contribution >= 0.6 is 23.5 Å². The second-order valence-corrected chi connectivity index (χ2v) is 10.7. The van der Waals surface area contributed by atoms with Gasteiger partial charge >= 0.3 is 0 Å². The summed E-state index contributed by atoms with van der Waals surface area (Å²) in [5, 5.41) is 13.0. The number of fused-ring (bicyclic) bond motifs is 1. The summed E-state index contributed by atoms with van der Waals surface area (Å²) < 4.78 is 0. The van der Waals surface area contributed by atoms with Crippen LogP contribution in [0.1, 0.15) is 58.8 Å². The van der Waals surface area contributed by atoms with Crippen molar-refractivity contribution in [3.8, 4) is 6.07 Å². The lowest BCUT2D eigenvalue weighted by Crippen LogP contribution is -2.18. The first kappa shape index (κ1) is 27.2. The van der Waals surface area contributed by atoms with E-state index in [9.17, 15) is 0 Å². The average molecular weight is 503 g/mol. The molecule has 184 valence electrons. The van der Waals surface area contributed by atoms with E-state index >= 15 is 0 Å². The fraction of sp³-hybridized carbons (Fsp3) is 0.387. The predicted octanol–water partition coefficient (Wildman–Crippen LogP) is 9.68. The Balaban J connectivity index is 0.00000167. The van der Waals surface area contributed by atoms with E-state index in [1.54, 1.807) is 5.57 Å². The normalized spacial score (nSPS) is 14.4. The number of benzene rings is 3. The van der Waals surface area contributed by atoms with Crippen molar-refractivity contribution in [1.82, 2.24) is 0 Å². The number of thioether (sulfide) groups is 2. The standard InChI is InChI=1S/C29H32N2S2.C2H6/c30-19-9-2-3-12-25(29-31(20-22-33-29)27-15-4-1-5-16-27)13-8-10-21-32-28-18-17-24-11-6-7-14-26(24)23-28;1-2/h1,4-7,11,14-18,23H,2-3,8-10,12-13,20-22H2;1-2H3/b29-25-;. The number of allylic oxidation sites excluding steroid dienone is 1. The molecule has 0 unspecified atom stereocenters. The van der Waals surface area contributed by atoms with Gasteiger partial charge in [0.2, 0.25) is 0 Å². The second-order valence-electron chi connectivity index (χ2n) is 8.42. The predicted molar refractivity (Wildman–Crippen MR) is 157 cm³/mol. The molecule has 0 spiro atoms. The molecule has 3 aromatic rings. The number of nitrogens with zero attached hydrogens (tertiary/aromatic N) is 2. The number of unbranched alkanes of at least 4 members (excludes halogenated alkanes) is 3. The molecule has 4 rings (SSSR count). The van der Waals surface area contributed by atoms with Gasteiger partial charge in [0.1, 0.15) is 0 Å². The lowest BCUT2D eigenvalue weighted by molar-refractivity contribution is 0.692. The summed E-state index contributed by atoms with van der Waals surface area (Å²) in [6.45, 7) is 5.09. The van der Waals surface area contributed by atoms with Crippen LogP contribution in [0.3, 0.4) is 0 Å². The van der Waals surface area contributed by atoms with Gasteiger partial charge in [-0.25, -0.2) is 0 Å². The van der Waals surface area contributed by atoms with Gasteiger partial charge in [0.25, 0.3) is 0 Å². The van der Waals surface area contributed by atoms with Crippen molar-refractivity contribution in [1.29, 1.82) is 5.26 Å². The Hall–Kier alpha value is -2.35. The van der Waals surface area contributed by atoms with E-state index in [-0.39, 0.29) is 0 Å². The summed E-state index contributed by atoms with van der Waals surface area (Å²) in [4.78, 5) is 3.87. The second kappa shape index (κ2) is 15.6. The minimum atomic E-state index is 0.667. The largest absolute Gasteiger partial charge is 0.335 e. The molecule has 0 amide bonds. The minimum absolute atomic E-state index is 0.667. The van der Waals surface area contributed by atoms with E-state index < -0.39 is 0 Å². The van der Waals surface area contributed by atoms with Gasteiger partial charge in [0.05, 0.1) is 11.1 Å². The van der Waals surface area contributed by atoms with Crippen LogP contribution in [-0.4, -0.2) is 18.1 Å². The molecule has 0 atom stereocenters. The first-order valence-corrected chi connectivity index (χ1v) is 15.0. The molecular weight excluding hydrogens is 464 g/mol. The lowest BCUT2D eigenvalue weighted by atomic mass is 10.0. The van der Waals surface area contributed by atoms with Crippen molar-refractivity contribution < 1.29 is 0 Å². The molecule has 1 heterocycles. The van der Waals surface area contributed by atoms with Gasteiger partial charge in [-0.05, 0) is 84.9 Å². The van der Waals surface area contributed by atoms with Gasteiger partial charge < -0.3 is 4.90 Å². The molecule has 1 fully saturated rings. The highest BCUT2D eigenvalue weighted by Crippen LogP contribution is 2.38. The third-order valence-corrected chi connectivity index (χ3v) is 8.30. The summed E-state index contributed by atoms with van der Waals surface area (Å²) >= 11 is 3.99. The highest BCUT2D eigenvalue weighted by molar-refractivity contribution is 8.03. The molecule has 0 aliphatic carbocycles. The topological polar surface area (TPSA) is 27.0 Å². The van der Waals surface area contributed by atoms with Gasteiger partial charge in [-0.15, -0.1) is 23.5 Å². The molecular formula is C31H38N2S2. The van der Waals surface area contributed by atoms with Crippen LogP contribution < -0.4 is 4.90 Å². The van der Waals surface area contributed by atoms with Crippen molar-refractivity contribution in [3.63, 3.8) is 0 Å². The van der Waals surface area contributed by atoms with E-state index in [2.05, 4.69) is 83.8 Å². The first-order chi connectivity index (χ1) is 17.3. The van der Waals surface area contributed by atoms with Gasteiger partial charge in [-0.1, -0.05) is 62.4 Å². The molecule has 1 saturated heterocycles. The van der Waals surface area contributed by atoms with Crippen LogP contribution in [0.4, 0.5) is 5.69 Å². The van der Waals surface area contributed by atoms with Gasteiger partial charge in [-0.3, -0.25) is 0 Å². The molecule has 0 radical (unpaired) electrons. The van der Waals surface area contributed by atoms with E-state index in [0.717, 1.165) is 43.7 Å². The van der Waals surface area contributed by atoms with Crippen LogP contribution in [-0.2, 0) is 0 Å². The Labute approximate surface area is 220 Å². The van der Waals surface area contributed by atoms with Gasteiger partial charge in [0.15, 0.2) is 0 Å². The monoisotopic (exact) mass is 502 g/mol. The zero-order valence-electron chi connectivity index (χ0n) is 21.2. The third-order valence-electron chi connectivity index (χ3n) is 6.05. The molecule has 0 N–H and O–H groups in total. The van der Waals surface area contributed by atoms with Crippen molar-refractivity contribution in [2.45, 2.75) is 63.7 Å². The van der Waals surface area contributed by atoms with Crippen molar-refractivity contribution in [3.05, 3.63) is 83.4 Å². The minimum Gasteiger partial charge on any atom is -0.335 e. The third kappa shape index (κ3) is 8.37. The van der Waals surface area contributed by atoms with Crippen molar-refractivity contribution in [2.75, 3.05) is 23.0 Å². The molecule has 1 aliphatic rings. The van der Waals surface area contributed by atoms with E-state index in [0.29, 0.717) is 6.42 Å². The number of hydrogen-bond donors (Lipinski definition) is 0. The highest BCUT2D eigenvalue weighted by atomic mass is 32.2. The van der Waals surface area contributed by atoms with E-state index in [4.69, 9.17) is 5.26 Å². The van der Waals surface area contributed by atoms with Gasteiger partial charge in [-0.2, -0.15) is 5.26 Å². The average Bonchev–Trinajstić information content (AvgIpc) is 3.41. The van der Waals surface area contributed by atoms with Crippen LogP contribution in [0.5, 0.6) is 0 Å². The number of rotatable bonds is 11. The molecule has 0 bridgehead atoms. The molecule has 2 nitrogen and oxygen atoms in total. The van der Waals surface area contributed by atoms with Crippen LogP contribution in [0.25, 0.3) is 10.8 Å². The number of para-hydroxylation sites is 1. The summed E-state index contributed by atoms with van der Waals surface area (Å²) in [5.41, 5.74) is 2.90. The number of anilines is 1. The Morgan fingerprint density at radius 2 is 1.60 bits per heavy atom. The van der Waals surface area contributed by atoms with Crippen LogP contribution in [0.2, 0.25) is 0 Å². The SMILES string of the molecule is CC.N#CCCCC/C(CCCCSc1ccc2ccccc2c1)=C1/SCCN1c1ccccc1. The molecule has 35 heavy (non-hydrogen) atoms.